The van der Waals surface area contributed by atoms with E-state index < -0.39 is 10.0 Å². The Morgan fingerprint density at radius 1 is 1.20 bits per heavy atom. The smallest absolute Gasteiger partial charge is 0.252 e. The Labute approximate surface area is 181 Å². The summed E-state index contributed by atoms with van der Waals surface area (Å²) in [5.41, 5.74) is 2.51. The summed E-state index contributed by atoms with van der Waals surface area (Å²) in [5, 5.41) is 3.03. The molecule has 1 N–H and O–H groups in total. The van der Waals surface area contributed by atoms with Gasteiger partial charge in [0.15, 0.2) is 0 Å². The molecule has 0 bridgehead atoms. The average molecular weight is 446 g/mol. The number of carbonyl (C=O) groups is 1. The van der Waals surface area contributed by atoms with Crippen molar-refractivity contribution in [1.29, 1.82) is 0 Å². The lowest BCUT2D eigenvalue weighted by atomic mass is 9.89. The Balaban J connectivity index is 1.26. The molecule has 8 heteroatoms. The minimum Gasteiger partial charge on any atom is -0.361 e. The zero-order valence-corrected chi connectivity index (χ0v) is 18.7. The van der Waals surface area contributed by atoms with E-state index in [2.05, 4.69) is 29.4 Å². The number of aromatic nitrogens is 1. The van der Waals surface area contributed by atoms with Crippen molar-refractivity contribution >= 4 is 38.2 Å². The normalized spacial score (nSPS) is 15.9. The van der Waals surface area contributed by atoms with Gasteiger partial charge in [0.1, 0.15) is 4.21 Å². The summed E-state index contributed by atoms with van der Waals surface area (Å²) in [7, 11) is -1.87. The van der Waals surface area contributed by atoms with Gasteiger partial charge in [0.05, 0.1) is 0 Å². The summed E-state index contributed by atoms with van der Waals surface area (Å²) in [6.07, 6.45) is 4.93. The molecule has 0 spiro atoms. The van der Waals surface area contributed by atoms with Crippen LogP contribution in [0.3, 0.4) is 0 Å². The standard InChI is InChI=1S/C22H27N3O3S2/c1-24(30(27,28)22-9-5-15-29-22)12-4-8-21(26)25-13-10-17(11-14-25)19-16-23-20-7-3-2-6-18(19)20/h2-3,5-7,9,15-17,23H,4,8,10-14H2,1H3. The second-order valence-corrected chi connectivity index (χ2v) is 11.0. The van der Waals surface area contributed by atoms with Crippen molar-refractivity contribution < 1.29 is 13.2 Å². The van der Waals surface area contributed by atoms with Crippen LogP contribution in [-0.4, -0.2) is 55.2 Å². The fraction of sp³-hybridized carbons (Fsp3) is 0.409. The van der Waals surface area contributed by atoms with Gasteiger partial charge in [-0.05, 0) is 48.3 Å². The van der Waals surface area contributed by atoms with Crippen LogP contribution in [0.4, 0.5) is 0 Å². The molecule has 30 heavy (non-hydrogen) atoms. The molecule has 1 aliphatic rings. The topological polar surface area (TPSA) is 73.5 Å². The van der Waals surface area contributed by atoms with E-state index in [1.54, 1.807) is 24.6 Å². The Kier molecular flexibility index (Phi) is 6.26. The fourth-order valence-corrected chi connectivity index (χ4v) is 6.58. The minimum absolute atomic E-state index is 0.120. The Morgan fingerprint density at radius 3 is 2.70 bits per heavy atom. The molecule has 160 valence electrons. The van der Waals surface area contributed by atoms with Crippen LogP contribution in [0.15, 0.2) is 52.2 Å². The van der Waals surface area contributed by atoms with Crippen molar-refractivity contribution in [3.8, 4) is 0 Å². The summed E-state index contributed by atoms with van der Waals surface area (Å²) < 4.78 is 26.6. The highest BCUT2D eigenvalue weighted by Gasteiger charge is 2.26. The van der Waals surface area contributed by atoms with Crippen LogP contribution in [0.1, 0.15) is 37.2 Å². The molecule has 3 heterocycles. The molecule has 0 radical (unpaired) electrons. The number of hydrogen-bond donors (Lipinski definition) is 1. The van der Waals surface area contributed by atoms with Crippen molar-refractivity contribution in [2.24, 2.45) is 0 Å². The molecule has 3 aromatic rings. The van der Waals surface area contributed by atoms with E-state index >= 15 is 0 Å². The molecule has 1 fully saturated rings. The lowest BCUT2D eigenvalue weighted by molar-refractivity contribution is -0.132. The maximum Gasteiger partial charge on any atom is 0.252 e. The first kappa shape index (κ1) is 21.1. The molecule has 4 rings (SSSR count). The summed E-state index contributed by atoms with van der Waals surface area (Å²) >= 11 is 1.21. The zero-order chi connectivity index (χ0) is 21.1. The second-order valence-electron chi connectivity index (χ2n) is 7.81. The lowest BCUT2D eigenvalue weighted by Crippen LogP contribution is -2.38. The quantitative estimate of drug-likeness (QED) is 0.597. The number of amides is 1. The molecule has 0 unspecified atom stereocenters. The SMILES string of the molecule is CN(CCCC(=O)N1CCC(c2c[nH]c3ccccc23)CC1)S(=O)(=O)c1cccs1. The predicted molar refractivity (Wildman–Crippen MR) is 120 cm³/mol. The Hall–Kier alpha value is -2.16. The molecule has 0 saturated carbocycles. The number of fused-ring (bicyclic) bond motifs is 1. The third-order valence-corrected chi connectivity index (χ3v) is 9.16. The summed E-state index contributed by atoms with van der Waals surface area (Å²) in [6.45, 7) is 1.86. The van der Waals surface area contributed by atoms with Gasteiger partial charge >= 0.3 is 0 Å². The van der Waals surface area contributed by atoms with E-state index in [9.17, 15) is 13.2 Å². The second kappa shape index (κ2) is 8.91. The van der Waals surface area contributed by atoms with E-state index in [0.717, 1.165) is 31.4 Å². The van der Waals surface area contributed by atoms with Crippen LogP contribution in [-0.2, 0) is 14.8 Å². The van der Waals surface area contributed by atoms with Crippen molar-refractivity contribution in [2.75, 3.05) is 26.7 Å². The monoisotopic (exact) mass is 445 g/mol. The molecule has 0 atom stereocenters. The zero-order valence-electron chi connectivity index (χ0n) is 17.1. The van der Waals surface area contributed by atoms with Crippen molar-refractivity contribution in [3.63, 3.8) is 0 Å². The number of carbonyl (C=O) groups excluding carboxylic acids is 1. The molecule has 6 nitrogen and oxygen atoms in total. The summed E-state index contributed by atoms with van der Waals surface area (Å²) in [4.78, 5) is 17.9. The maximum atomic E-state index is 12.6. The number of hydrogen-bond acceptors (Lipinski definition) is 4. The Bertz CT molecular complexity index is 1100. The van der Waals surface area contributed by atoms with E-state index in [1.807, 2.05) is 11.0 Å². The first-order valence-electron chi connectivity index (χ1n) is 10.3. The number of aromatic amines is 1. The van der Waals surface area contributed by atoms with E-state index in [-0.39, 0.29) is 5.91 Å². The maximum absolute atomic E-state index is 12.6. The van der Waals surface area contributed by atoms with Gasteiger partial charge < -0.3 is 9.88 Å². The number of piperidine rings is 1. The lowest BCUT2D eigenvalue weighted by Gasteiger charge is -2.32. The van der Waals surface area contributed by atoms with Crippen molar-refractivity contribution in [3.05, 3.63) is 53.5 Å². The Morgan fingerprint density at radius 2 is 1.97 bits per heavy atom. The van der Waals surface area contributed by atoms with Crippen molar-refractivity contribution in [2.45, 2.75) is 35.8 Å². The largest absolute Gasteiger partial charge is 0.361 e. The van der Waals surface area contributed by atoms with Gasteiger partial charge in [-0.25, -0.2) is 12.7 Å². The van der Waals surface area contributed by atoms with Gasteiger partial charge in [-0.3, -0.25) is 4.79 Å². The van der Waals surface area contributed by atoms with Gasteiger partial charge in [0.25, 0.3) is 10.0 Å². The highest BCUT2D eigenvalue weighted by atomic mass is 32.2. The molecular weight excluding hydrogens is 418 g/mol. The van der Waals surface area contributed by atoms with Crippen LogP contribution in [0, 0.1) is 0 Å². The number of rotatable bonds is 7. The molecular formula is C22H27N3O3S2. The highest BCUT2D eigenvalue weighted by Crippen LogP contribution is 2.33. The summed E-state index contributed by atoms with van der Waals surface area (Å²) in [5.74, 6) is 0.585. The minimum atomic E-state index is -3.44. The van der Waals surface area contributed by atoms with E-state index in [0.29, 0.717) is 29.5 Å². The van der Waals surface area contributed by atoms with Gasteiger partial charge in [0.2, 0.25) is 5.91 Å². The highest BCUT2D eigenvalue weighted by molar-refractivity contribution is 7.91. The predicted octanol–water partition coefficient (Wildman–Crippen LogP) is 4.04. The van der Waals surface area contributed by atoms with Gasteiger partial charge in [-0.1, -0.05) is 24.3 Å². The van der Waals surface area contributed by atoms with Crippen LogP contribution < -0.4 is 0 Å². The number of nitrogens with zero attached hydrogens (tertiary/aromatic N) is 2. The van der Waals surface area contributed by atoms with Crippen LogP contribution in [0.2, 0.25) is 0 Å². The fourth-order valence-electron chi connectivity index (χ4n) is 4.17. The molecule has 1 amide bonds. The third-order valence-electron chi connectivity index (χ3n) is 5.93. The van der Waals surface area contributed by atoms with Gasteiger partial charge in [-0.15, -0.1) is 11.3 Å². The molecule has 1 saturated heterocycles. The number of thiophene rings is 1. The third kappa shape index (κ3) is 4.31. The van der Waals surface area contributed by atoms with Crippen LogP contribution in [0.25, 0.3) is 10.9 Å². The first-order chi connectivity index (χ1) is 14.5. The van der Waals surface area contributed by atoms with E-state index in [4.69, 9.17) is 0 Å². The number of H-pyrrole nitrogens is 1. The average Bonchev–Trinajstić information content (AvgIpc) is 3.44. The van der Waals surface area contributed by atoms with Crippen LogP contribution >= 0.6 is 11.3 Å². The molecule has 2 aromatic heterocycles. The summed E-state index contributed by atoms with van der Waals surface area (Å²) in [6, 6.07) is 11.7. The van der Waals surface area contributed by atoms with Crippen molar-refractivity contribution in [1.82, 2.24) is 14.2 Å². The molecule has 0 aliphatic carbocycles. The van der Waals surface area contributed by atoms with Gasteiger partial charge in [0, 0.05) is 50.2 Å². The molecule has 1 aliphatic heterocycles. The van der Waals surface area contributed by atoms with E-state index in [1.165, 1.54) is 26.6 Å². The van der Waals surface area contributed by atoms with Crippen LogP contribution in [0.5, 0.6) is 0 Å². The number of sulfonamides is 1. The number of nitrogens with one attached hydrogen (secondary N) is 1. The molecule has 1 aromatic carbocycles. The number of likely N-dealkylation sites (tertiary alicyclic amines) is 1. The van der Waals surface area contributed by atoms with Gasteiger partial charge in [-0.2, -0.15) is 0 Å². The number of para-hydroxylation sites is 1. The number of benzene rings is 1. The first-order valence-corrected chi connectivity index (χ1v) is 12.6.